The molecule has 0 aliphatic carbocycles. The third-order valence-corrected chi connectivity index (χ3v) is 2.92. The van der Waals surface area contributed by atoms with E-state index in [1.807, 2.05) is 24.3 Å². The fourth-order valence-electron chi connectivity index (χ4n) is 1.84. The van der Waals surface area contributed by atoms with Crippen LogP contribution in [0.3, 0.4) is 0 Å². The Balaban J connectivity index is 2.33. The second-order valence-electron chi connectivity index (χ2n) is 4.52. The Labute approximate surface area is 115 Å². The van der Waals surface area contributed by atoms with Crippen LogP contribution in [0.25, 0.3) is 0 Å². The number of hydrogen-bond acceptors (Lipinski definition) is 2. The number of carbonyl (C=O) groups is 1. The number of nitrogens with one attached hydrogen (secondary N) is 2. The van der Waals surface area contributed by atoms with Crippen molar-refractivity contribution in [1.82, 2.24) is 10.6 Å². The summed E-state index contributed by atoms with van der Waals surface area (Å²) in [6.07, 6.45) is 3.34. The van der Waals surface area contributed by atoms with Gasteiger partial charge in [0.25, 0.3) is 0 Å². The molecule has 106 valence electrons. The van der Waals surface area contributed by atoms with Crippen molar-refractivity contribution < 1.29 is 9.53 Å². The highest BCUT2D eigenvalue weighted by atomic mass is 16.5. The van der Waals surface area contributed by atoms with Gasteiger partial charge < -0.3 is 15.4 Å². The molecule has 0 atom stereocenters. The summed E-state index contributed by atoms with van der Waals surface area (Å²) < 4.78 is 5.14. The van der Waals surface area contributed by atoms with E-state index < -0.39 is 0 Å². The molecule has 4 heteroatoms. The molecule has 4 nitrogen and oxygen atoms in total. The quantitative estimate of drug-likeness (QED) is 0.709. The third-order valence-electron chi connectivity index (χ3n) is 2.92. The van der Waals surface area contributed by atoms with Gasteiger partial charge in [0, 0.05) is 20.2 Å². The summed E-state index contributed by atoms with van der Waals surface area (Å²) in [4.78, 5) is 11.6. The van der Waals surface area contributed by atoms with E-state index in [4.69, 9.17) is 4.74 Å². The molecule has 0 saturated heterocycles. The molecule has 0 spiro atoms. The smallest absolute Gasteiger partial charge is 0.315 e. The summed E-state index contributed by atoms with van der Waals surface area (Å²) in [7, 11) is 1.67. The van der Waals surface area contributed by atoms with Crippen LogP contribution >= 0.6 is 0 Å². The van der Waals surface area contributed by atoms with E-state index in [0.717, 1.165) is 36.9 Å². The first-order valence-corrected chi connectivity index (χ1v) is 6.85. The molecule has 0 bridgehead atoms. The molecule has 0 fully saturated rings. The second kappa shape index (κ2) is 9.39. The summed E-state index contributed by atoms with van der Waals surface area (Å²) in [5.41, 5.74) is 2.20. The van der Waals surface area contributed by atoms with Crippen LogP contribution in [0.2, 0.25) is 0 Å². The molecular formula is C15H24N2O2. The first-order valence-electron chi connectivity index (χ1n) is 6.85. The fourth-order valence-corrected chi connectivity index (χ4v) is 1.84. The predicted octanol–water partition coefficient (Wildman–Crippen LogP) is 2.82. The Morgan fingerprint density at radius 2 is 1.89 bits per heavy atom. The first-order chi connectivity index (χ1) is 9.27. The van der Waals surface area contributed by atoms with Crippen molar-refractivity contribution in [1.29, 1.82) is 0 Å². The van der Waals surface area contributed by atoms with Gasteiger partial charge >= 0.3 is 6.03 Å². The zero-order chi connectivity index (χ0) is 13.9. The number of unbranched alkanes of at least 4 members (excludes halogenated alkanes) is 2. The molecule has 2 amide bonds. The van der Waals surface area contributed by atoms with E-state index in [9.17, 15) is 4.79 Å². The van der Waals surface area contributed by atoms with Gasteiger partial charge in [0.2, 0.25) is 0 Å². The number of amides is 2. The van der Waals surface area contributed by atoms with Crippen LogP contribution < -0.4 is 10.6 Å². The monoisotopic (exact) mass is 264 g/mol. The molecule has 0 saturated carbocycles. The van der Waals surface area contributed by atoms with Gasteiger partial charge in [0.05, 0.1) is 6.61 Å². The molecule has 1 rings (SSSR count). The van der Waals surface area contributed by atoms with Crippen LogP contribution in [0.15, 0.2) is 24.3 Å². The normalized spacial score (nSPS) is 10.2. The lowest BCUT2D eigenvalue weighted by Crippen LogP contribution is -2.35. The summed E-state index contributed by atoms with van der Waals surface area (Å²) in [6.45, 7) is 3.97. The Morgan fingerprint density at radius 3 is 2.58 bits per heavy atom. The van der Waals surface area contributed by atoms with Crippen molar-refractivity contribution in [2.75, 3.05) is 13.7 Å². The van der Waals surface area contributed by atoms with Gasteiger partial charge in [-0.1, -0.05) is 44.0 Å². The maximum Gasteiger partial charge on any atom is 0.315 e. The molecule has 0 aliphatic rings. The van der Waals surface area contributed by atoms with E-state index in [2.05, 4.69) is 17.6 Å². The Bertz CT molecular complexity index is 380. The van der Waals surface area contributed by atoms with E-state index in [0.29, 0.717) is 13.2 Å². The number of ether oxygens (including phenoxy) is 1. The van der Waals surface area contributed by atoms with Gasteiger partial charge in [-0.25, -0.2) is 4.79 Å². The molecule has 0 aliphatic heterocycles. The van der Waals surface area contributed by atoms with Crippen LogP contribution in [-0.2, 0) is 17.9 Å². The first kappa shape index (κ1) is 15.5. The third kappa shape index (κ3) is 6.25. The molecule has 1 aromatic carbocycles. The van der Waals surface area contributed by atoms with Gasteiger partial charge in [0.1, 0.15) is 0 Å². The van der Waals surface area contributed by atoms with Crippen molar-refractivity contribution in [3.8, 4) is 0 Å². The molecule has 2 N–H and O–H groups in total. The number of hydrogen-bond donors (Lipinski definition) is 2. The van der Waals surface area contributed by atoms with Crippen molar-refractivity contribution in [3.05, 3.63) is 35.4 Å². The Morgan fingerprint density at radius 1 is 1.16 bits per heavy atom. The molecule has 0 radical (unpaired) electrons. The SMILES string of the molecule is CCCCCNC(=O)NCc1ccccc1COC. The lowest BCUT2D eigenvalue weighted by Gasteiger charge is -2.11. The molecular weight excluding hydrogens is 240 g/mol. The van der Waals surface area contributed by atoms with E-state index in [1.165, 1.54) is 0 Å². The summed E-state index contributed by atoms with van der Waals surface area (Å²) >= 11 is 0. The minimum absolute atomic E-state index is 0.108. The largest absolute Gasteiger partial charge is 0.380 e. The van der Waals surface area contributed by atoms with Gasteiger partial charge in [-0.3, -0.25) is 0 Å². The average molecular weight is 264 g/mol. The maximum absolute atomic E-state index is 11.6. The molecule has 0 unspecified atom stereocenters. The van der Waals surface area contributed by atoms with Crippen molar-refractivity contribution >= 4 is 6.03 Å². The van der Waals surface area contributed by atoms with Crippen LogP contribution in [0.4, 0.5) is 4.79 Å². The number of benzene rings is 1. The molecule has 1 aromatic rings. The van der Waals surface area contributed by atoms with Crippen LogP contribution in [-0.4, -0.2) is 19.7 Å². The van der Waals surface area contributed by atoms with Crippen LogP contribution in [0, 0.1) is 0 Å². The van der Waals surface area contributed by atoms with Crippen molar-refractivity contribution in [3.63, 3.8) is 0 Å². The average Bonchev–Trinajstić information content (AvgIpc) is 2.43. The minimum Gasteiger partial charge on any atom is -0.380 e. The maximum atomic E-state index is 11.6. The zero-order valence-corrected chi connectivity index (χ0v) is 11.9. The van der Waals surface area contributed by atoms with E-state index >= 15 is 0 Å². The van der Waals surface area contributed by atoms with Crippen molar-refractivity contribution in [2.45, 2.75) is 39.3 Å². The minimum atomic E-state index is -0.108. The highest BCUT2D eigenvalue weighted by molar-refractivity contribution is 5.73. The highest BCUT2D eigenvalue weighted by Gasteiger charge is 2.03. The predicted molar refractivity (Wildman–Crippen MR) is 76.9 cm³/mol. The number of urea groups is 1. The topological polar surface area (TPSA) is 50.4 Å². The Kier molecular flexibility index (Phi) is 7.66. The Hall–Kier alpha value is -1.55. The second-order valence-corrected chi connectivity index (χ2v) is 4.52. The van der Waals surface area contributed by atoms with Gasteiger partial charge in [-0.15, -0.1) is 0 Å². The van der Waals surface area contributed by atoms with E-state index in [1.54, 1.807) is 7.11 Å². The molecule has 0 aromatic heterocycles. The number of methoxy groups -OCH3 is 1. The highest BCUT2D eigenvalue weighted by Crippen LogP contribution is 2.09. The van der Waals surface area contributed by atoms with Gasteiger partial charge in [-0.05, 0) is 17.5 Å². The summed E-state index contributed by atoms with van der Waals surface area (Å²) in [5, 5.41) is 5.73. The van der Waals surface area contributed by atoms with Gasteiger partial charge in [0.15, 0.2) is 0 Å². The number of rotatable bonds is 8. The lowest BCUT2D eigenvalue weighted by atomic mass is 10.1. The van der Waals surface area contributed by atoms with Gasteiger partial charge in [-0.2, -0.15) is 0 Å². The fraction of sp³-hybridized carbons (Fsp3) is 0.533. The zero-order valence-electron chi connectivity index (χ0n) is 11.9. The molecule has 19 heavy (non-hydrogen) atoms. The molecule has 0 heterocycles. The van der Waals surface area contributed by atoms with Crippen LogP contribution in [0.1, 0.15) is 37.3 Å². The van der Waals surface area contributed by atoms with Crippen LogP contribution in [0.5, 0.6) is 0 Å². The number of carbonyl (C=O) groups excluding carboxylic acids is 1. The lowest BCUT2D eigenvalue weighted by molar-refractivity contribution is 0.184. The summed E-state index contributed by atoms with van der Waals surface area (Å²) in [5.74, 6) is 0. The van der Waals surface area contributed by atoms with E-state index in [-0.39, 0.29) is 6.03 Å². The van der Waals surface area contributed by atoms with Crippen molar-refractivity contribution in [2.24, 2.45) is 0 Å². The summed E-state index contributed by atoms with van der Waals surface area (Å²) in [6, 6.07) is 7.85. The standard InChI is InChI=1S/C15H24N2O2/c1-3-4-7-10-16-15(18)17-11-13-8-5-6-9-14(13)12-19-2/h5-6,8-9H,3-4,7,10-12H2,1-2H3,(H2,16,17,18).